The molecule has 0 bridgehead atoms. The quantitative estimate of drug-likeness (QED) is 0.185. The van der Waals surface area contributed by atoms with Crippen molar-refractivity contribution < 1.29 is 23.6 Å². The molecular weight excluding hydrogens is 578 g/mol. The Hall–Kier alpha value is -3.51. The number of aliphatic carboxylic acids is 1. The van der Waals surface area contributed by atoms with E-state index in [4.69, 9.17) is 21.1 Å². The molecule has 2 aromatic carbocycles. The monoisotopic (exact) mass is 621 g/mol. The molecule has 1 spiro atoms. The fourth-order valence-corrected chi connectivity index (χ4v) is 7.59. The van der Waals surface area contributed by atoms with Gasteiger partial charge < -0.3 is 25.3 Å². The van der Waals surface area contributed by atoms with Crippen LogP contribution in [0, 0.1) is 19.3 Å². The molecule has 2 atom stereocenters. The normalized spacial score (nSPS) is 19.1. The van der Waals surface area contributed by atoms with Crippen LogP contribution in [-0.2, 0) is 27.1 Å². The zero-order chi connectivity index (χ0) is 31.8. The van der Waals surface area contributed by atoms with Crippen molar-refractivity contribution in [2.45, 2.75) is 70.4 Å². The van der Waals surface area contributed by atoms with Gasteiger partial charge in [0.05, 0.1) is 36.5 Å². The van der Waals surface area contributed by atoms with Gasteiger partial charge in [0, 0.05) is 38.0 Å². The molecule has 1 aromatic heterocycles. The van der Waals surface area contributed by atoms with Crippen molar-refractivity contribution in [1.82, 2.24) is 9.29 Å². The highest BCUT2D eigenvalue weighted by Gasteiger charge is 2.43. The Bertz CT molecular complexity index is 1570. The number of hydrogen-bond acceptors (Lipinski definition) is 8. The Morgan fingerprint density at radius 3 is 2.61 bits per heavy atom. The van der Waals surface area contributed by atoms with Gasteiger partial charge in [-0.15, -0.1) is 0 Å². The molecule has 236 valence electrons. The number of nitrogens with zero attached hydrogens (tertiary/aromatic N) is 3. The number of carbonyl (C=O) groups is 1. The number of rotatable bonds is 8. The van der Waals surface area contributed by atoms with Crippen LogP contribution in [0.15, 0.2) is 53.6 Å². The Balaban J connectivity index is 1.58. The first-order valence-corrected chi connectivity index (χ1v) is 16.1. The standard InChI is InChI=1S/C33H43N5O5S/c1-6-38(35)26-12-11-25(22(3)29(26)34)28(32(4,5)31(39)40)23-10-9-21(2)24(18-23)19-37-20-33(13-16-42-17-14-33)43-30-27(44(37)41)8-7-15-36-30/h7-12,15,18,28H,6,13-14,16-17,19-20,34-35H2,1-5H3,(H,39,40). The van der Waals surface area contributed by atoms with Crippen LogP contribution in [0.1, 0.15) is 67.3 Å². The van der Waals surface area contributed by atoms with Crippen LogP contribution < -0.4 is 21.3 Å². The molecule has 2 aliphatic rings. The first kappa shape index (κ1) is 31.9. The molecule has 5 rings (SSSR count). The molecule has 11 heteroatoms. The van der Waals surface area contributed by atoms with Gasteiger partial charge >= 0.3 is 5.97 Å². The molecule has 3 heterocycles. The summed E-state index contributed by atoms with van der Waals surface area (Å²) in [4.78, 5) is 17.7. The molecular formula is C33H43N5O5S. The molecule has 0 saturated carbocycles. The number of fused-ring (bicyclic) bond motifs is 1. The van der Waals surface area contributed by atoms with Crippen LogP contribution in [0.25, 0.3) is 0 Å². The topological polar surface area (TPSA) is 144 Å². The Labute approximate surface area is 261 Å². The number of nitrogen functional groups attached to an aromatic ring is 1. The summed E-state index contributed by atoms with van der Waals surface area (Å²) in [6.07, 6.45) is 2.99. The molecule has 3 aromatic rings. The number of benzene rings is 2. The van der Waals surface area contributed by atoms with E-state index in [1.165, 1.54) is 0 Å². The number of hydrogen-bond donors (Lipinski definition) is 3. The van der Waals surface area contributed by atoms with Crippen molar-refractivity contribution in [3.63, 3.8) is 0 Å². The second-order valence-corrected chi connectivity index (χ2v) is 13.9. The smallest absolute Gasteiger partial charge is 0.310 e. The zero-order valence-corrected chi connectivity index (χ0v) is 26.9. The molecule has 5 N–H and O–H groups in total. The highest BCUT2D eigenvalue weighted by Crippen LogP contribution is 2.45. The third-order valence-corrected chi connectivity index (χ3v) is 10.6. The molecule has 0 radical (unpaired) electrons. The van der Waals surface area contributed by atoms with Crippen molar-refractivity contribution in [3.8, 4) is 5.88 Å². The molecule has 1 saturated heterocycles. The first-order chi connectivity index (χ1) is 20.9. The Morgan fingerprint density at radius 1 is 1.20 bits per heavy atom. The van der Waals surface area contributed by atoms with Gasteiger partial charge in [-0.25, -0.2) is 19.3 Å². The fourth-order valence-electron chi connectivity index (χ4n) is 6.26. The predicted octanol–water partition coefficient (Wildman–Crippen LogP) is 4.69. The molecule has 44 heavy (non-hydrogen) atoms. The third-order valence-electron chi connectivity index (χ3n) is 9.16. The minimum Gasteiger partial charge on any atom is -0.481 e. The highest BCUT2D eigenvalue weighted by molar-refractivity contribution is 7.82. The van der Waals surface area contributed by atoms with Crippen molar-refractivity contribution in [3.05, 3.63) is 76.5 Å². The van der Waals surface area contributed by atoms with E-state index in [2.05, 4.69) is 11.1 Å². The van der Waals surface area contributed by atoms with Gasteiger partial charge in [0.2, 0.25) is 5.88 Å². The number of pyridine rings is 1. The Kier molecular flexibility index (Phi) is 9.04. The summed E-state index contributed by atoms with van der Waals surface area (Å²) >= 11 is 0. The summed E-state index contributed by atoms with van der Waals surface area (Å²) < 4.78 is 28.1. The number of hydrazine groups is 1. The second-order valence-electron chi connectivity index (χ2n) is 12.4. The number of carboxylic acid groups (broad SMARTS) is 1. The summed E-state index contributed by atoms with van der Waals surface area (Å²) in [5, 5.41) is 12.0. The van der Waals surface area contributed by atoms with Gasteiger partial charge in [0.25, 0.3) is 0 Å². The number of ether oxygens (including phenoxy) is 2. The third kappa shape index (κ3) is 5.93. The second kappa shape index (κ2) is 12.5. The predicted molar refractivity (Wildman–Crippen MR) is 172 cm³/mol. The molecule has 2 unspecified atom stereocenters. The maximum atomic E-state index is 14.0. The molecule has 2 aliphatic heterocycles. The largest absolute Gasteiger partial charge is 0.481 e. The van der Waals surface area contributed by atoms with Crippen LogP contribution in [0.3, 0.4) is 0 Å². The van der Waals surface area contributed by atoms with Crippen LogP contribution >= 0.6 is 0 Å². The number of carboxylic acids is 1. The summed E-state index contributed by atoms with van der Waals surface area (Å²) in [7, 11) is -1.52. The highest BCUT2D eigenvalue weighted by atomic mass is 32.2. The number of aromatic nitrogens is 1. The average molecular weight is 622 g/mol. The van der Waals surface area contributed by atoms with Crippen LogP contribution in [0.4, 0.5) is 11.4 Å². The van der Waals surface area contributed by atoms with Gasteiger partial charge in [0.1, 0.15) is 21.5 Å². The SMILES string of the molecule is CCN(N)c1ccc(C(c2ccc(C)c(CN3CC4(CCOCC4)Oc4ncccc4S3=O)c2)C(C)(C)C(=O)O)c(C)c1N. The van der Waals surface area contributed by atoms with E-state index < -0.39 is 33.9 Å². The molecule has 0 amide bonds. The van der Waals surface area contributed by atoms with Crippen molar-refractivity contribution in [2.24, 2.45) is 11.3 Å². The molecule has 10 nitrogen and oxygen atoms in total. The maximum absolute atomic E-state index is 14.0. The molecule has 0 aliphatic carbocycles. The maximum Gasteiger partial charge on any atom is 0.310 e. The summed E-state index contributed by atoms with van der Waals surface area (Å²) in [6.45, 7) is 11.9. The van der Waals surface area contributed by atoms with Gasteiger partial charge in [-0.3, -0.25) is 4.79 Å². The lowest BCUT2D eigenvalue weighted by molar-refractivity contribution is -0.147. The summed E-state index contributed by atoms with van der Waals surface area (Å²) in [5.41, 5.74) is 10.5. The minimum absolute atomic E-state index is 0.380. The lowest BCUT2D eigenvalue weighted by atomic mass is 9.69. The van der Waals surface area contributed by atoms with E-state index in [1.54, 1.807) is 37.2 Å². The zero-order valence-electron chi connectivity index (χ0n) is 26.1. The van der Waals surface area contributed by atoms with E-state index >= 15 is 0 Å². The van der Waals surface area contributed by atoms with Crippen LogP contribution in [0.5, 0.6) is 5.88 Å². The van der Waals surface area contributed by atoms with Crippen molar-refractivity contribution in [1.29, 1.82) is 0 Å². The fraction of sp³-hybridized carbons (Fsp3) is 0.455. The van der Waals surface area contributed by atoms with E-state index in [0.717, 1.165) is 27.8 Å². The lowest BCUT2D eigenvalue weighted by Gasteiger charge is -2.38. The summed E-state index contributed by atoms with van der Waals surface area (Å²) in [6, 6.07) is 13.4. The van der Waals surface area contributed by atoms with Crippen molar-refractivity contribution in [2.75, 3.05) is 37.0 Å². The van der Waals surface area contributed by atoms with E-state index in [-0.39, 0.29) is 0 Å². The number of nitrogens with two attached hydrogens (primary N) is 2. The number of aryl methyl sites for hydroxylation is 1. The average Bonchev–Trinajstić information content (AvgIpc) is 3.10. The van der Waals surface area contributed by atoms with Gasteiger partial charge in [-0.1, -0.05) is 24.3 Å². The van der Waals surface area contributed by atoms with E-state index in [0.29, 0.717) is 67.8 Å². The van der Waals surface area contributed by atoms with E-state index in [1.807, 2.05) is 49.3 Å². The summed E-state index contributed by atoms with van der Waals surface area (Å²) in [5.74, 6) is 5.14. The van der Waals surface area contributed by atoms with Crippen LogP contribution in [0.2, 0.25) is 0 Å². The van der Waals surface area contributed by atoms with Gasteiger partial charge in [-0.2, -0.15) is 0 Å². The van der Waals surface area contributed by atoms with Gasteiger partial charge in [0.15, 0.2) is 0 Å². The van der Waals surface area contributed by atoms with Gasteiger partial charge in [-0.05, 0) is 80.6 Å². The van der Waals surface area contributed by atoms with E-state index in [9.17, 15) is 14.1 Å². The molecule has 1 fully saturated rings. The van der Waals surface area contributed by atoms with Crippen molar-refractivity contribution >= 4 is 28.3 Å². The lowest BCUT2D eigenvalue weighted by Crippen LogP contribution is -2.49. The number of anilines is 2. The first-order valence-electron chi connectivity index (χ1n) is 15.0. The van der Waals surface area contributed by atoms with Crippen LogP contribution in [-0.4, -0.2) is 56.5 Å². The minimum atomic E-state index is -1.52. The Morgan fingerprint density at radius 2 is 1.93 bits per heavy atom.